The summed E-state index contributed by atoms with van der Waals surface area (Å²) in [5.74, 6) is -1.23. The summed E-state index contributed by atoms with van der Waals surface area (Å²) in [7, 11) is -2.69. The van der Waals surface area contributed by atoms with E-state index >= 15 is 0 Å². The highest BCUT2D eigenvalue weighted by Gasteiger charge is 2.42. The molecule has 1 aromatic rings. The number of aliphatic hydroxyl groups excluding tert-OH is 1. The first-order valence-electron chi connectivity index (χ1n) is 11.0. The molecule has 0 aliphatic carbocycles. The number of rotatable bonds is 12. The van der Waals surface area contributed by atoms with Crippen LogP contribution in [0.4, 0.5) is 0 Å². The number of hydrogen-bond donors (Lipinski definition) is 2. The lowest BCUT2D eigenvalue weighted by Gasteiger charge is -2.27. The number of ether oxygens (including phenoxy) is 3. The lowest BCUT2D eigenvalue weighted by atomic mass is 10.1. The van der Waals surface area contributed by atoms with Gasteiger partial charge in [-0.2, -0.15) is 5.09 Å². The first-order chi connectivity index (χ1) is 16.7. The van der Waals surface area contributed by atoms with Gasteiger partial charge < -0.3 is 23.8 Å². The van der Waals surface area contributed by atoms with Gasteiger partial charge in [0.25, 0.3) is 0 Å². The van der Waals surface area contributed by atoms with Crippen LogP contribution in [0.2, 0.25) is 0 Å². The second-order valence-corrected chi connectivity index (χ2v) is 9.59. The van der Waals surface area contributed by atoms with E-state index in [0.29, 0.717) is 0 Å². The van der Waals surface area contributed by atoms with Crippen molar-refractivity contribution in [1.29, 1.82) is 0 Å². The van der Waals surface area contributed by atoms with Crippen molar-refractivity contribution in [1.82, 2.24) is 9.99 Å². The standard InChI is InChI=1S/C22H29N2O10P/c1-15(22(28)31-11-10-30-2)23-35(29,34-17-6-4-3-5-7-17)32-14-19-18(26)13-21(33-19)24-9-8-16(25)12-20(24)27/h3-9,15,18-19,21,26H,10-14H2,1-2H3,(H,23,29)/t15-,18+,19-,21-,35-/m0/s1. The van der Waals surface area contributed by atoms with E-state index < -0.39 is 44.1 Å². The SMILES string of the molecule is COCCOC(=O)[C@H](C)N[P@](=O)(OC[C@@H]1O[C@H](N2C=CC(=O)CC2=O)C[C@H]1O)Oc1ccccc1. The summed E-state index contributed by atoms with van der Waals surface area (Å²) >= 11 is 0. The monoisotopic (exact) mass is 512 g/mol. The van der Waals surface area contributed by atoms with Crippen LogP contribution in [0.15, 0.2) is 42.6 Å². The summed E-state index contributed by atoms with van der Waals surface area (Å²) in [6.45, 7) is 1.29. The van der Waals surface area contributed by atoms with Crippen molar-refractivity contribution in [2.75, 3.05) is 26.9 Å². The van der Waals surface area contributed by atoms with Crippen molar-refractivity contribution in [2.24, 2.45) is 0 Å². The second kappa shape index (κ2) is 12.4. The molecule has 0 saturated carbocycles. The molecule has 12 nitrogen and oxygen atoms in total. The van der Waals surface area contributed by atoms with E-state index in [9.17, 15) is 24.1 Å². The molecule has 2 heterocycles. The molecule has 0 radical (unpaired) electrons. The van der Waals surface area contributed by atoms with Crippen LogP contribution in [0.5, 0.6) is 5.75 Å². The van der Waals surface area contributed by atoms with Crippen molar-refractivity contribution < 1.29 is 47.3 Å². The molecule has 0 bridgehead atoms. The summed E-state index contributed by atoms with van der Waals surface area (Å²) in [6, 6.07) is 7.15. The number of carbonyl (C=O) groups is 3. The molecular formula is C22H29N2O10P. The Labute approximate surface area is 202 Å². The Balaban J connectivity index is 1.65. The average molecular weight is 512 g/mol. The van der Waals surface area contributed by atoms with Crippen LogP contribution < -0.4 is 9.61 Å². The van der Waals surface area contributed by atoms with Crippen LogP contribution in [0.3, 0.4) is 0 Å². The second-order valence-electron chi connectivity index (χ2n) is 7.90. The van der Waals surface area contributed by atoms with Crippen LogP contribution in [0, 0.1) is 0 Å². The molecule has 0 unspecified atom stereocenters. The Kier molecular flexibility index (Phi) is 9.55. The molecule has 0 spiro atoms. The minimum Gasteiger partial charge on any atom is -0.462 e. The fraction of sp³-hybridized carbons (Fsp3) is 0.500. The maximum Gasteiger partial charge on any atom is 0.459 e. The highest BCUT2D eigenvalue weighted by Crippen LogP contribution is 2.45. The van der Waals surface area contributed by atoms with Gasteiger partial charge in [-0.25, -0.2) is 4.57 Å². The number of aliphatic hydroxyl groups is 1. The first kappa shape index (κ1) is 27.0. The van der Waals surface area contributed by atoms with Gasteiger partial charge in [0.05, 0.1) is 25.7 Å². The highest BCUT2D eigenvalue weighted by atomic mass is 31.2. The van der Waals surface area contributed by atoms with Gasteiger partial charge in [-0.3, -0.25) is 23.8 Å². The van der Waals surface area contributed by atoms with Crippen molar-refractivity contribution in [3.63, 3.8) is 0 Å². The van der Waals surface area contributed by atoms with E-state index in [1.54, 1.807) is 30.3 Å². The average Bonchev–Trinajstić information content (AvgIpc) is 3.18. The molecule has 0 aromatic heterocycles. The van der Waals surface area contributed by atoms with Crippen molar-refractivity contribution in [3.8, 4) is 5.75 Å². The fourth-order valence-electron chi connectivity index (χ4n) is 3.36. The number of hydrogen-bond acceptors (Lipinski definition) is 10. The van der Waals surface area contributed by atoms with Gasteiger partial charge in [0.15, 0.2) is 5.78 Å². The minimum atomic E-state index is -4.15. The zero-order valence-corrected chi connectivity index (χ0v) is 20.3. The summed E-state index contributed by atoms with van der Waals surface area (Å²) < 4.78 is 40.2. The van der Waals surface area contributed by atoms with Gasteiger partial charge in [0, 0.05) is 19.7 Å². The van der Waals surface area contributed by atoms with E-state index in [1.165, 1.54) is 31.2 Å². The van der Waals surface area contributed by atoms with E-state index in [4.69, 9.17) is 23.3 Å². The number of amides is 1. The number of carbonyl (C=O) groups excluding carboxylic acids is 3. The third kappa shape index (κ3) is 7.69. The molecule has 1 amide bonds. The minimum absolute atomic E-state index is 0.0187. The van der Waals surface area contributed by atoms with Crippen LogP contribution >= 0.6 is 7.75 Å². The molecule has 5 atom stereocenters. The smallest absolute Gasteiger partial charge is 0.459 e. The van der Waals surface area contributed by atoms with E-state index in [0.717, 1.165) is 0 Å². The Morgan fingerprint density at radius 3 is 2.71 bits per heavy atom. The van der Waals surface area contributed by atoms with E-state index in [1.807, 2.05) is 0 Å². The van der Waals surface area contributed by atoms with Gasteiger partial charge in [-0.1, -0.05) is 18.2 Å². The number of nitrogens with one attached hydrogen (secondary N) is 1. The predicted octanol–water partition coefficient (Wildman–Crippen LogP) is 1.15. The Bertz CT molecular complexity index is 972. The van der Waals surface area contributed by atoms with Crippen LogP contribution in [0.25, 0.3) is 0 Å². The summed E-state index contributed by atoms with van der Waals surface area (Å²) in [4.78, 5) is 37.0. The number of nitrogens with zero attached hydrogens (tertiary/aromatic N) is 1. The Morgan fingerprint density at radius 1 is 1.29 bits per heavy atom. The largest absolute Gasteiger partial charge is 0.462 e. The van der Waals surface area contributed by atoms with Crippen LogP contribution in [-0.4, -0.2) is 79.1 Å². The normalized spacial score (nSPS) is 24.8. The van der Waals surface area contributed by atoms with Crippen molar-refractivity contribution in [3.05, 3.63) is 42.6 Å². The number of allylic oxidation sites excluding steroid dienone is 1. The summed E-state index contributed by atoms with van der Waals surface area (Å²) in [5, 5.41) is 13.0. The van der Waals surface area contributed by atoms with E-state index in [2.05, 4.69) is 5.09 Å². The number of ketones is 1. The summed E-state index contributed by atoms with van der Waals surface area (Å²) in [5.41, 5.74) is 0. The number of esters is 1. The fourth-order valence-corrected chi connectivity index (χ4v) is 4.86. The van der Waals surface area contributed by atoms with Gasteiger partial charge >= 0.3 is 13.7 Å². The van der Waals surface area contributed by atoms with Crippen LogP contribution in [0.1, 0.15) is 19.8 Å². The van der Waals surface area contributed by atoms with E-state index in [-0.39, 0.29) is 44.2 Å². The van der Waals surface area contributed by atoms with Gasteiger partial charge in [-0.15, -0.1) is 0 Å². The van der Waals surface area contributed by atoms with Gasteiger partial charge in [0.2, 0.25) is 5.91 Å². The zero-order chi connectivity index (χ0) is 25.4. The lowest BCUT2D eigenvalue weighted by Crippen LogP contribution is -2.39. The molecule has 2 aliphatic rings. The molecule has 2 N–H and O–H groups in total. The first-order valence-corrected chi connectivity index (χ1v) is 12.5. The quantitative estimate of drug-likeness (QED) is 0.180. The number of methoxy groups -OCH3 is 1. The topological polar surface area (TPSA) is 150 Å². The Hall–Kier alpha value is -2.60. The third-order valence-electron chi connectivity index (χ3n) is 5.16. The molecule has 2 aliphatic heterocycles. The molecule has 1 saturated heterocycles. The van der Waals surface area contributed by atoms with Crippen molar-refractivity contribution >= 4 is 25.4 Å². The predicted molar refractivity (Wildman–Crippen MR) is 121 cm³/mol. The molecule has 192 valence electrons. The zero-order valence-electron chi connectivity index (χ0n) is 19.4. The molecular weight excluding hydrogens is 483 g/mol. The molecule has 13 heteroatoms. The molecule has 1 aromatic carbocycles. The maximum atomic E-state index is 13.5. The van der Waals surface area contributed by atoms with Gasteiger partial charge in [-0.05, 0) is 25.1 Å². The highest BCUT2D eigenvalue weighted by molar-refractivity contribution is 7.52. The Morgan fingerprint density at radius 2 is 2.03 bits per heavy atom. The number of para-hydroxylation sites is 1. The third-order valence-corrected chi connectivity index (χ3v) is 6.81. The van der Waals surface area contributed by atoms with Crippen LogP contribution in [-0.2, 0) is 37.7 Å². The molecule has 1 fully saturated rings. The lowest BCUT2D eigenvalue weighted by molar-refractivity contribution is -0.146. The maximum absolute atomic E-state index is 13.5. The molecule has 3 rings (SSSR count). The summed E-state index contributed by atoms with van der Waals surface area (Å²) in [6.07, 6.45) is -0.435. The molecule has 35 heavy (non-hydrogen) atoms. The van der Waals surface area contributed by atoms with Gasteiger partial charge in [0.1, 0.15) is 30.7 Å². The number of benzene rings is 1. The van der Waals surface area contributed by atoms with Crippen molar-refractivity contribution in [2.45, 2.75) is 44.2 Å².